The van der Waals surface area contributed by atoms with Crippen LogP contribution in [0.3, 0.4) is 0 Å². The lowest BCUT2D eigenvalue weighted by Gasteiger charge is -1.91. The van der Waals surface area contributed by atoms with Gasteiger partial charge in [-0.05, 0) is 28.1 Å². The summed E-state index contributed by atoms with van der Waals surface area (Å²) in [5.41, 5.74) is 5.90. The summed E-state index contributed by atoms with van der Waals surface area (Å²) in [6.45, 7) is 0. The molecule has 0 saturated carbocycles. The topological polar surface area (TPSA) is 77.8 Å². The Morgan fingerprint density at radius 2 is 2.23 bits per heavy atom. The zero-order valence-electron chi connectivity index (χ0n) is 6.44. The average molecular weight is 241 g/mol. The minimum atomic E-state index is 0.0414. The molecule has 2 aromatic rings. The first-order valence-corrected chi connectivity index (χ1v) is 4.26. The molecule has 2 aromatic heterocycles. The Morgan fingerprint density at radius 3 is 2.77 bits per heavy atom. The molecule has 0 aliphatic heterocycles. The number of hydrogen-bond donors (Lipinski definition) is 1. The predicted octanol–water partition coefficient (Wildman–Crippen LogP) is 1.48. The Labute approximate surface area is 82.1 Å². The van der Waals surface area contributed by atoms with Crippen LogP contribution in [0.15, 0.2) is 27.3 Å². The highest BCUT2D eigenvalue weighted by Gasteiger charge is 2.06. The predicted molar refractivity (Wildman–Crippen MR) is 49.6 cm³/mol. The second-order valence-corrected chi connectivity index (χ2v) is 3.23. The first kappa shape index (κ1) is 8.18. The smallest absolute Gasteiger partial charge is 0.319 e. The van der Waals surface area contributed by atoms with Gasteiger partial charge in [0, 0.05) is 10.7 Å². The van der Waals surface area contributed by atoms with Gasteiger partial charge >= 0.3 is 6.01 Å². The zero-order chi connectivity index (χ0) is 9.26. The third kappa shape index (κ3) is 1.67. The fourth-order valence-corrected chi connectivity index (χ4v) is 1.08. The molecular weight excluding hydrogens is 236 g/mol. The van der Waals surface area contributed by atoms with E-state index in [1.165, 1.54) is 0 Å². The van der Waals surface area contributed by atoms with Crippen LogP contribution in [0.2, 0.25) is 0 Å². The highest BCUT2D eigenvalue weighted by molar-refractivity contribution is 9.10. The molecule has 66 valence electrons. The molecule has 0 radical (unpaired) electrons. The summed E-state index contributed by atoms with van der Waals surface area (Å²) in [5.74, 6) is 0.394. The van der Waals surface area contributed by atoms with Crippen molar-refractivity contribution < 1.29 is 4.52 Å². The molecule has 0 spiro atoms. The maximum absolute atomic E-state index is 5.27. The van der Waals surface area contributed by atoms with Crippen LogP contribution in [0, 0.1) is 0 Å². The molecule has 2 rings (SSSR count). The minimum absolute atomic E-state index is 0.0414. The molecule has 13 heavy (non-hydrogen) atoms. The Hall–Kier alpha value is -1.43. The molecule has 6 heteroatoms. The largest absolute Gasteiger partial charge is 0.351 e. The van der Waals surface area contributed by atoms with Crippen molar-refractivity contribution in [1.82, 2.24) is 15.1 Å². The van der Waals surface area contributed by atoms with Gasteiger partial charge in [0.05, 0.1) is 0 Å². The Morgan fingerprint density at radius 1 is 1.38 bits per heavy atom. The third-order valence-corrected chi connectivity index (χ3v) is 1.87. The van der Waals surface area contributed by atoms with Gasteiger partial charge in [0.15, 0.2) is 0 Å². The molecule has 0 aliphatic carbocycles. The lowest BCUT2D eigenvalue weighted by atomic mass is 10.3. The lowest BCUT2D eigenvalue weighted by Crippen LogP contribution is -1.86. The van der Waals surface area contributed by atoms with Crippen LogP contribution in [-0.2, 0) is 0 Å². The quantitative estimate of drug-likeness (QED) is 0.817. The summed E-state index contributed by atoms with van der Waals surface area (Å²) in [6, 6.07) is 3.66. The zero-order valence-corrected chi connectivity index (χ0v) is 8.02. The highest BCUT2D eigenvalue weighted by atomic mass is 79.9. The van der Waals surface area contributed by atoms with Crippen LogP contribution in [-0.4, -0.2) is 15.1 Å². The van der Waals surface area contributed by atoms with Crippen LogP contribution < -0.4 is 5.73 Å². The number of nitrogen functional groups attached to an aromatic ring is 1. The van der Waals surface area contributed by atoms with E-state index >= 15 is 0 Å². The van der Waals surface area contributed by atoms with Crippen molar-refractivity contribution in [2.24, 2.45) is 0 Å². The van der Waals surface area contributed by atoms with Crippen molar-refractivity contribution in [1.29, 1.82) is 0 Å². The normalized spacial score (nSPS) is 10.2. The second-order valence-electron chi connectivity index (χ2n) is 2.32. The van der Waals surface area contributed by atoms with Gasteiger partial charge in [-0.2, -0.15) is 4.98 Å². The van der Waals surface area contributed by atoms with Crippen LogP contribution in [0.4, 0.5) is 6.01 Å². The molecule has 0 amide bonds. The molecule has 2 heterocycles. The molecule has 5 nitrogen and oxygen atoms in total. The third-order valence-electron chi connectivity index (χ3n) is 1.40. The van der Waals surface area contributed by atoms with E-state index in [2.05, 4.69) is 35.6 Å². The van der Waals surface area contributed by atoms with Crippen LogP contribution in [0.25, 0.3) is 11.5 Å². The minimum Gasteiger partial charge on any atom is -0.351 e. The SMILES string of the molecule is Nc1nc(-c2ccc(Br)cn2)no1. The van der Waals surface area contributed by atoms with Gasteiger partial charge in [-0.25, -0.2) is 0 Å². The number of aromatic nitrogens is 3. The van der Waals surface area contributed by atoms with Crippen molar-refractivity contribution in [2.45, 2.75) is 0 Å². The van der Waals surface area contributed by atoms with Gasteiger partial charge < -0.3 is 10.3 Å². The monoisotopic (exact) mass is 240 g/mol. The average Bonchev–Trinajstić information content (AvgIpc) is 2.53. The second kappa shape index (κ2) is 3.14. The number of rotatable bonds is 1. The van der Waals surface area contributed by atoms with Crippen molar-refractivity contribution >= 4 is 21.9 Å². The standard InChI is InChI=1S/C7H5BrN4O/c8-4-1-2-5(10-3-4)6-11-7(9)13-12-6/h1-3H,(H2,9,11,12). The fourth-order valence-electron chi connectivity index (χ4n) is 0.847. The fraction of sp³-hybridized carbons (Fsp3) is 0. The van der Waals surface area contributed by atoms with E-state index < -0.39 is 0 Å². The summed E-state index contributed by atoms with van der Waals surface area (Å²) >= 11 is 3.27. The summed E-state index contributed by atoms with van der Waals surface area (Å²) < 4.78 is 5.51. The maximum Gasteiger partial charge on any atom is 0.319 e. The van der Waals surface area contributed by atoms with Crippen molar-refractivity contribution in [3.8, 4) is 11.5 Å². The van der Waals surface area contributed by atoms with Crippen LogP contribution >= 0.6 is 15.9 Å². The first-order valence-electron chi connectivity index (χ1n) is 3.47. The number of anilines is 1. The molecule has 0 atom stereocenters. The molecule has 0 aliphatic rings. The molecule has 0 fully saturated rings. The van der Waals surface area contributed by atoms with Gasteiger partial charge in [0.25, 0.3) is 0 Å². The van der Waals surface area contributed by atoms with E-state index in [9.17, 15) is 0 Å². The lowest BCUT2D eigenvalue weighted by molar-refractivity contribution is 0.436. The van der Waals surface area contributed by atoms with Gasteiger partial charge in [-0.15, -0.1) is 0 Å². The number of nitrogens with two attached hydrogens (primary N) is 1. The molecule has 0 unspecified atom stereocenters. The summed E-state index contributed by atoms with van der Waals surface area (Å²) in [4.78, 5) is 7.91. The number of pyridine rings is 1. The maximum atomic E-state index is 5.27. The van der Waals surface area contributed by atoms with Crippen LogP contribution in [0.5, 0.6) is 0 Å². The molecule has 0 saturated heterocycles. The first-order chi connectivity index (χ1) is 6.25. The van der Waals surface area contributed by atoms with E-state index in [1.807, 2.05) is 6.07 Å². The van der Waals surface area contributed by atoms with Crippen molar-refractivity contribution in [3.05, 3.63) is 22.8 Å². The van der Waals surface area contributed by atoms with E-state index in [0.29, 0.717) is 11.5 Å². The van der Waals surface area contributed by atoms with Crippen molar-refractivity contribution in [3.63, 3.8) is 0 Å². The summed E-state index contributed by atoms with van der Waals surface area (Å²) in [6.07, 6.45) is 1.65. The number of nitrogens with zero attached hydrogens (tertiary/aromatic N) is 3. The van der Waals surface area contributed by atoms with E-state index in [-0.39, 0.29) is 6.01 Å². The summed E-state index contributed by atoms with van der Waals surface area (Å²) in [5, 5.41) is 3.63. The van der Waals surface area contributed by atoms with Gasteiger partial charge in [0.2, 0.25) is 5.82 Å². The van der Waals surface area contributed by atoms with Gasteiger partial charge in [-0.3, -0.25) is 4.98 Å². The molecular formula is C7H5BrN4O. The molecule has 0 aromatic carbocycles. The highest BCUT2D eigenvalue weighted by Crippen LogP contribution is 2.15. The Bertz CT molecular complexity index is 411. The van der Waals surface area contributed by atoms with Crippen molar-refractivity contribution in [2.75, 3.05) is 5.73 Å². The van der Waals surface area contributed by atoms with Gasteiger partial charge in [0.1, 0.15) is 5.69 Å². The van der Waals surface area contributed by atoms with Gasteiger partial charge in [-0.1, -0.05) is 5.16 Å². The Balaban J connectivity index is 2.41. The molecule has 0 bridgehead atoms. The summed E-state index contributed by atoms with van der Waals surface area (Å²) in [7, 11) is 0. The van der Waals surface area contributed by atoms with Crippen LogP contribution in [0.1, 0.15) is 0 Å². The molecule has 2 N–H and O–H groups in total. The van der Waals surface area contributed by atoms with E-state index in [1.54, 1.807) is 12.3 Å². The number of hydrogen-bond acceptors (Lipinski definition) is 5. The number of halogens is 1. The van der Waals surface area contributed by atoms with E-state index in [0.717, 1.165) is 4.47 Å². The van der Waals surface area contributed by atoms with E-state index in [4.69, 9.17) is 5.73 Å². The Kier molecular flexibility index (Phi) is 1.97.